The van der Waals surface area contributed by atoms with Gasteiger partial charge in [-0.05, 0) is 24.0 Å². The number of hydrogen-bond acceptors (Lipinski definition) is 1. The first kappa shape index (κ1) is 11.3. The molecule has 0 atom stereocenters. The van der Waals surface area contributed by atoms with Crippen molar-refractivity contribution >= 4 is 16.7 Å². The summed E-state index contributed by atoms with van der Waals surface area (Å²) in [6.45, 7) is 0. The average Bonchev–Trinajstić information content (AvgIpc) is 2.88. The zero-order chi connectivity index (χ0) is 13.1. The van der Waals surface area contributed by atoms with Crippen molar-refractivity contribution in [2.75, 3.05) is 0 Å². The smallest absolute Gasteiger partial charge is 0.236 e. The molecular formula is C17H11NO. The number of H-pyrrole nitrogens is 1. The van der Waals surface area contributed by atoms with Gasteiger partial charge in [0.25, 0.3) is 0 Å². The monoisotopic (exact) mass is 245 g/mol. The lowest BCUT2D eigenvalue weighted by Crippen LogP contribution is -1.93. The van der Waals surface area contributed by atoms with E-state index in [4.69, 9.17) is 0 Å². The second kappa shape index (κ2) is 4.83. The van der Waals surface area contributed by atoms with Crippen LogP contribution in [0.3, 0.4) is 0 Å². The quantitative estimate of drug-likeness (QED) is 0.517. The number of para-hydroxylation sites is 1. The highest BCUT2D eigenvalue weighted by Crippen LogP contribution is 2.13. The Hall–Kier alpha value is -2.79. The molecule has 2 heteroatoms. The predicted octanol–water partition coefficient (Wildman–Crippen LogP) is 3.40. The minimum absolute atomic E-state index is 0.167. The molecule has 1 N–H and O–H groups in total. The van der Waals surface area contributed by atoms with Crippen molar-refractivity contribution in [1.82, 2.24) is 4.98 Å². The summed E-state index contributed by atoms with van der Waals surface area (Å²) in [4.78, 5) is 15.0. The normalized spacial score (nSPS) is 9.89. The van der Waals surface area contributed by atoms with E-state index in [-0.39, 0.29) is 5.78 Å². The van der Waals surface area contributed by atoms with Gasteiger partial charge in [0.15, 0.2) is 0 Å². The summed E-state index contributed by atoms with van der Waals surface area (Å²) in [5.74, 6) is 5.37. The van der Waals surface area contributed by atoms with E-state index in [2.05, 4.69) is 16.8 Å². The van der Waals surface area contributed by atoms with Gasteiger partial charge in [-0.2, -0.15) is 0 Å². The van der Waals surface area contributed by atoms with Crippen LogP contribution in [0.4, 0.5) is 0 Å². The minimum Gasteiger partial charge on any atom is -0.348 e. The van der Waals surface area contributed by atoms with Gasteiger partial charge in [0.2, 0.25) is 5.78 Å². The van der Waals surface area contributed by atoms with Crippen molar-refractivity contribution in [2.45, 2.75) is 0 Å². The number of nitrogens with one attached hydrogen (secondary N) is 1. The van der Waals surface area contributed by atoms with E-state index in [9.17, 15) is 4.79 Å². The van der Waals surface area contributed by atoms with Crippen molar-refractivity contribution in [3.05, 3.63) is 71.9 Å². The summed E-state index contributed by atoms with van der Waals surface area (Å²) >= 11 is 0. The van der Waals surface area contributed by atoms with E-state index >= 15 is 0 Å². The second-order valence-electron chi connectivity index (χ2n) is 4.22. The first-order valence-electron chi connectivity index (χ1n) is 6.02. The van der Waals surface area contributed by atoms with Gasteiger partial charge in [-0.25, -0.2) is 0 Å². The number of carbonyl (C=O) groups is 1. The number of Topliss-reactive ketones (excluding diaryl/α,β-unsaturated/α-hetero) is 1. The van der Waals surface area contributed by atoms with Crippen LogP contribution in [0.2, 0.25) is 0 Å². The molecule has 0 aliphatic heterocycles. The number of ketones is 1. The third-order valence-corrected chi connectivity index (χ3v) is 2.88. The van der Waals surface area contributed by atoms with Crippen LogP contribution in [0.5, 0.6) is 0 Å². The molecule has 0 aliphatic rings. The van der Waals surface area contributed by atoms with Crippen LogP contribution in [0.25, 0.3) is 10.9 Å². The Labute approximate surface area is 111 Å². The lowest BCUT2D eigenvalue weighted by molar-refractivity contribution is 0.105. The molecule has 0 radical (unpaired) electrons. The molecule has 2 nitrogen and oxygen atoms in total. The third-order valence-electron chi connectivity index (χ3n) is 2.88. The fourth-order valence-corrected chi connectivity index (χ4v) is 1.93. The van der Waals surface area contributed by atoms with Crippen LogP contribution in [0.1, 0.15) is 16.1 Å². The van der Waals surface area contributed by atoms with Crippen molar-refractivity contribution < 1.29 is 4.79 Å². The summed E-state index contributed by atoms with van der Waals surface area (Å²) in [7, 11) is 0. The number of carbonyl (C=O) groups excluding carboxylic acids is 1. The molecule has 0 saturated carbocycles. The van der Waals surface area contributed by atoms with E-state index in [1.165, 1.54) is 0 Å². The zero-order valence-electron chi connectivity index (χ0n) is 10.2. The number of fused-ring (bicyclic) bond motifs is 1. The van der Waals surface area contributed by atoms with Gasteiger partial charge in [-0.15, -0.1) is 0 Å². The molecule has 1 heterocycles. The molecule has 0 unspecified atom stereocenters. The van der Waals surface area contributed by atoms with Gasteiger partial charge >= 0.3 is 0 Å². The van der Waals surface area contributed by atoms with Gasteiger partial charge in [0.05, 0.1) is 5.69 Å². The average molecular weight is 245 g/mol. The number of benzene rings is 2. The molecule has 19 heavy (non-hydrogen) atoms. The Morgan fingerprint density at radius 3 is 2.47 bits per heavy atom. The van der Waals surface area contributed by atoms with Crippen LogP contribution in [-0.4, -0.2) is 10.8 Å². The first-order chi connectivity index (χ1) is 9.33. The summed E-state index contributed by atoms with van der Waals surface area (Å²) in [6.07, 6.45) is 0. The van der Waals surface area contributed by atoms with Gasteiger partial charge in [-0.1, -0.05) is 48.5 Å². The number of aromatic amines is 1. The predicted molar refractivity (Wildman–Crippen MR) is 75.9 cm³/mol. The van der Waals surface area contributed by atoms with Gasteiger partial charge < -0.3 is 4.98 Å². The largest absolute Gasteiger partial charge is 0.348 e. The Morgan fingerprint density at radius 2 is 1.68 bits per heavy atom. The fourth-order valence-electron chi connectivity index (χ4n) is 1.93. The molecule has 90 valence electrons. The fraction of sp³-hybridized carbons (Fsp3) is 0. The highest BCUT2D eigenvalue weighted by molar-refractivity contribution is 6.09. The second-order valence-corrected chi connectivity index (χ2v) is 4.22. The maximum atomic E-state index is 11.8. The lowest BCUT2D eigenvalue weighted by Gasteiger charge is -1.90. The summed E-state index contributed by atoms with van der Waals surface area (Å²) in [5, 5.41) is 1.10. The van der Waals surface area contributed by atoms with Crippen molar-refractivity contribution in [3.8, 4) is 11.8 Å². The highest BCUT2D eigenvalue weighted by Gasteiger charge is 2.00. The summed E-state index contributed by atoms with van der Waals surface area (Å²) in [6, 6.07) is 19.0. The summed E-state index contributed by atoms with van der Waals surface area (Å²) < 4.78 is 0. The minimum atomic E-state index is -0.167. The third kappa shape index (κ3) is 2.41. The molecule has 0 amide bonds. The molecule has 0 aliphatic carbocycles. The number of rotatable bonds is 1. The number of hydrogen-bond donors (Lipinski definition) is 1. The van der Waals surface area contributed by atoms with E-state index < -0.39 is 0 Å². The van der Waals surface area contributed by atoms with E-state index in [1.54, 1.807) is 12.1 Å². The zero-order valence-corrected chi connectivity index (χ0v) is 10.2. The summed E-state index contributed by atoms with van der Waals surface area (Å²) in [5.41, 5.74) is 2.40. The van der Waals surface area contributed by atoms with Crippen molar-refractivity contribution in [1.29, 1.82) is 0 Å². The topological polar surface area (TPSA) is 32.9 Å². The highest BCUT2D eigenvalue weighted by atomic mass is 16.1. The maximum Gasteiger partial charge on any atom is 0.236 e. The Kier molecular flexibility index (Phi) is 2.88. The lowest BCUT2D eigenvalue weighted by atomic mass is 10.1. The van der Waals surface area contributed by atoms with Crippen molar-refractivity contribution in [2.24, 2.45) is 0 Å². The molecule has 1 aromatic heterocycles. The van der Waals surface area contributed by atoms with Gasteiger partial charge in [0.1, 0.15) is 0 Å². The molecule has 0 bridgehead atoms. The van der Waals surface area contributed by atoms with Gasteiger partial charge in [-0.3, -0.25) is 4.79 Å². The van der Waals surface area contributed by atoms with Crippen LogP contribution < -0.4 is 0 Å². The van der Waals surface area contributed by atoms with Crippen LogP contribution >= 0.6 is 0 Å². The molecule has 2 aromatic carbocycles. The molecule has 0 saturated heterocycles. The maximum absolute atomic E-state index is 11.8. The molecule has 3 rings (SSSR count). The standard InChI is InChI=1S/C17H11NO/c19-17(13-6-2-1-3-7-13)11-10-15-12-14-8-4-5-9-16(14)18-15/h1-9,12,18H. The van der Waals surface area contributed by atoms with Crippen molar-refractivity contribution in [3.63, 3.8) is 0 Å². The van der Waals surface area contributed by atoms with Crippen LogP contribution in [-0.2, 0) is 0 Å². The molecule has 0 fully saturated rings. The van der Waals surface area contributed by atoms with E-state index in [1.807, 2.05) is 48.5 Å². The Bertz CT molecular complexity index is 755. The van der Waals surface area contributed by atoms with Crippen LogP contribution in [0.15, 0.2) is 60.7 Å². The SMILES string of the molecule is O=C(C#Cc1cc2ccccc2[nH]1)c1ccccc1. The molecule has 0 spiro atoms. The number of aromatic nitrogens is 1. The Balaban J connectivity index is 1.89. The van der Waals surface area contributed by atoms with E-state index in [0.717, 1.165) is 16.6 Å². The molecule has 3 aromatic rings. The first-order valence-corrected chi connectivity index (χ1v) is 6.02. The Morgan fingerprint density at radius 1 is 0.947 bits per heavy atom. The van der Waals surface area contributed by atoms with Crippen LogP contribution in [0, 0.1) is 11.8 Å². The molecular weight excluding hydrogens is 234 g/mol. The van der Waals surface area contributed by atoms with Gasteiger partial charge in [0, 0.05) is 16.5 Å². The van der Waals surface area contributed by atoms with E-state index in [0.29, 0.717) is 5.56 Å².